The van der Waals surface area contributed by atoms with Crippen LogP contribution in [0.2, 0.25) is 0 Å². The van der Waals surface area contributed by atoms with Crippen molar-refractivity contribution in [3.63, 3.8) is 0 Å². The van der Waals surface area contributed by atoms with Crippen molar-refractivity contribution >= 4 is 0 Å². The predicted molar refractivity (Wildman–Crippen MR) is 30.2 cm³/mol. The van der Waals surface area contributed by atoms with E-state index in [2.05, 4.69) is 10.9 Å². The Morgan fingerprint density at radius 2 is 1.50 bits per heavy atom. The molecule has 0 saturated heterocycles. The Kier molecular flexibility index (Phi) is 5.36. The van der Waals surface area contributed by atoms with Crippen LogP contribution in [0.5, 0.6) is 0 Å². The summed E-state index contributed by atoms with van der Waals surface area (Å²) in [6.07, 6.45) is 3.50. The minimum absolute atomic E-state index is 1.75. The van der Waals surface area contributed by atoms with Crippen LogP contribution >= 0.6 is 0 Å². The van der Waals surface area contributed by atoms with Crippen LogP contribution in [0.1, 0.15) is 0 Å². The molecule has 8 heavy (non-hydrogen) atoms. The number of pyridine rings is 1. The maximum Gasteiger partial charge on any atom is 0.0267 e. The lowest BCUT2D eigenvalue weighted by atomic mass is 10.5. The monoisotopic (exact) mass is 112 g/mol. The summed E-state index contributed by atoms with van der Waals surface area (Å²) in [5.41, 5.74) is 0. The fraction of sp³-hybridized carbons (Fsp3) is 0. The third-order valence-electron chi connectivity index (χ3n) is 0.566. The summed E-state index contributed by atoms with van der Waals surface area (Å²) in [6.45, 7) is 0. The van der Waals surface area contributed by atoms with Gasteiger partial charge < -0.3 is 5.21 Å². The minimum atomic E-state index is 1.75. The third-order valence-corrected chi connectivity index (χ3v) is 0.566. The van der Waals surface area contributed by atoms with Crippen LogP contribution < -0.4 is 5.90 Å². The van der Waals surface area contributed by atoms with Crippen molar-refractivity contribution in [3.8, 4) is 0 Å². The summed E-state index contributed by atoms with van der Waals surface area (Å²) >= 11 is 0. The Labute approximate surface area is 47.7 Å². The molecule has 0 aromatic carbocycles. The van der Waals surface area contributed by atoms with E-state index in [-0.39, 0.29) is 0 Å². The van der Waals surface area contributed by atoms with Crippen molar-refractivity contribution in [3.05, 3.63) is 30.6 Å². The molecule has 0 aliphatic carbocycles. The number of aromatic nitrogens is 1. The van der Waals surface area contributed by atoms with Crippen LogP contribution in [0.4, 0.5) is 0 Å². The lowest BCUT2D eigenvalue weighted by Crippen LogP contribution is -1.72. The molecule has 0 amide bonds. The number of hydrogen-bond donors (Lipinski definition) is 2. The van der Waals surface area contributed by atoms with Crippen molar-refractivity contribution in [2.45, 2.75) is 0 Å². The molecule has 0 spiro atoms. The normalized spacial score (nSPS) is 6.75. The van der Waals surface area contributed by atoms with Crippen molar-refractivity contribution in [1.29, 1.82) is 0 Å². The first-order valence-corrected chi connectivity index (χ1v) is 2.11. The van der Waals surface area contributed by atoms with Gasteiger partial charge in [-0.1, -0.05) is 6.07 Å². The van der Waals surface area contributed by atoms with E-state index >= 15 is 0 Å². The van der Waals surface area contributed by atoms with Gasteiger partial charge in [-0.2, -0.15) is 0 Å². The molecule has 0 bridgehead atoms. The molecule has 3 heteroatoms. The Balaban J connectivity index is 0.000000222. The molecule has 1 aromatic heterocycles. The highest BCUT2D eigenvalue weighted by Gasteiger charge is 1.58. The molecule has 0 saturated carbocycles. The SMILES string of the molecule is NO.c1ccncc1. The molecular weight excluding hydrogens is 104 g/mol. The van der Waals surface area contributed by atoms with E-state index in [1.807, 2.05) is 18.2 Å². The zero-order valence-corrected chi connectivity index (χ0v) is 4.36. The van der Waals surface area contributed by atoms with Crippen LogP contribution in [0.15, 0.2) is 30.6 Å². The molecule has 44 valence electrons. The fourth-order valence-electron chi connectivity index (χ4n) is 0.313. The van der Waals surface area contributed by atoms with Crippen LogP contribution in [-0.2, 0) is 0 Å². The van der Waals surface area contributed by atoms with Gasteiger partial charge in [0.15, 0.2) is 0 Å². The molecule has 0 atom stereocenters. The highest BCUT2D eigenvalue weighted by atomic mass is 16.4. The first-order valence-electron chi connectivity index (χ1n) is 2.11. The Hall–Kier alpha value is -0.930. The topological polar surface area (TPSA) is 59.1 Å². The third kappa shape index (κ3) is 3.27. The van der Waals surface area contributed by atoms with E-state index in [0.717, 1.165) is 0 Å². The van der Waals surface area contributed by atoms with Gasteiger partial charge in [0, 0.05) is 12.4 Å². The zero-order chi connectivity index (χ0) is 6.24. The average Bonchev–Trinajstić information content (AvgIpc) is 1.96. The molecule has 0 aliphatic heterocycles. The average molecular weight is 112 g/mol. The molecule has 0 aliphatic rings. The number of hydrogen-bond acceptors (Lipinski definition) is 3. The van der Waals surface area contributed by atoms with Gasteiger partial charge in [-0.05, 0) is 12.1 Å². The highest BCUT2D eigenvalue weighted by Crippen LogP contribution is 1.73. The maximum atomic E-state index is 6.50. The Bertz CT molecular complexity index is 82.4. The second-order valence-electron chi connectivity index (χ2n) is 1.02. The molecule has 0 unspecified atom stereocenters. The van der Waals surface area contributed by atoms with Crippen molar-refractivity contribution < 1.29 is 5.21 Å². The van der Waals surface area contributed by atoms with E-state index in [4.69, 9.17) is 5.21 Å². The van der Waals surface area contributed by atoms with Gasteiger partial charge in [-0.3, -0.25) is 4.98 Å². The van der Waals surface area contributed by atoms with E-state index in [9.17, 15) is 0 Å². The summed E-state index contributed by atoms with van der Waals surface area (Å²) in [6, 6.07) is 5.72. The van der Waals surface area contributed by atoms with Crippen LogP contribution in [-0.4, -0.2) is 10.2 Å². The van der Waals surface area contributed by atoms with Gasteiger partial charge in [0.2, 0.25) is 0 Å². The Morgan fingerprint density at radius 3 is 1.62 bits per heavy atom. The maximum absolute atomic E-state index is 6.50. The van der Waals surface area contributed by atoms with Crippen LogP contribution in [0, 0.1) is 0 Å². The van der Waals surface area contributed by atoms with Gasteiger partial charge in [-0.25, -0.2) is 5.90 Å². The second-order valence-corrected chi connectivity index (χ2v) is 1.02. The van der Waals surface area contributed by atoms with Gasteiger partial charge in [0.25, 0.3) is 0 Å². The van der Waals surface area contributed by atoms with Crippen molar-refractivity contribution in [1.82, 2.24) is 4.98 Å². The minimum Gasteiger partial charge on any atom is -0.320 e. The van der Waals surface area contributed by atoms with Crippen molar-refractivity contribution in [2.75, 3.05) is 0 Å². The van der Waals surface area contributed by atoms with E-state index in [0.29, 0.717) is 0 Å². The molecule has 1 rings (SSSR count). The zero-order valence-electron chi connectivity index (χ0n) is 4.36. The lowest BCUT2D eigenvalue weighted by Gasteiger charge is -1.70. The standard InChI is InChI=1S/C5H5N.H3NO/c1-2-4-6-5-3-1;1-2/h1-5H;2H,1H2. The smallest absolute Gasteiger partial charge is 0.0267 e. The Morgan fingerprint density at radius 1 is 1.00 bits per heavy atom. The second kappa shape index (κ2) is 6.07. The summed E-state index contributed by atoms with van der Waals surface area (Å²) in [5, 5.41) is 6.50. The number of nitrogens with zero attached hydrogens (tertiary/aromatic N) is 1. The van der Waals surface area contributed by atoms with E-state index in [1.54, 1.807) is 12.4 Å². The summed E-state index contributed by atoms with van der Waals surface area (Å²) < 4.78 is 0. The van der Waals surface area contributed by atoms with Gasteiger partial charge >= 0.3 is 0 Å². The lowest BCUT2D eigenvalue weighted by molar-refractivity contribution is 0.311. The molecule has 0 fully saturated rings. The molecular formula is C5H8N2O. The summed E-state index contributed by atoms with van der Waals surface area (Å²) in [4.78, 5) is 3.78. The largest absolute Gasteiger partial charge is 0.320 e. The van der Waals surface area contributed by atoms with Gasteiger partial charge in [0.1, 0.15) is 0 Å². The quantitative estimate of drug-likeness (QED) is 0.478. The van der Waals surface area contributed by atoms with E-state index in [1.165, 1.54) is 0 Å². The first kappa shape index (κ1) is 7.07. The fourth-order valence-corrected chi connectivity index (χ4v) is 0.313. The molecule has 3 N–H and O–H groups in total. The highest BCUT2D eigenvalue weighted by molar-refractivity contribution is 4.88. The van der Waals surface area contributed by atoms with Gasteiger partial charge in [-0.15, -0.1) is 0 Å². The van der Waals surface area contributed by atoms with Crippen LogP contribution in [0.25, 0.3) is 0 Å². The summed E-state index contributed by atoms with van der Waals surface area (Å²) in [7, 11) is 0. The van der Waals surface area contributed by atoms with Crippen molar-refractivity contribution in [2.24, 2.45) is 5.90 Å². The predicted octanol–water partition coefficient (Wildman–Crippen LogP) is 0.416. The molecule has 1 heterocycles. The molecule has 0 radical (unpaired) electrons. The first-order chi connectivity index (χ1) is 4.00. The van der Waals surface area contributed by atoms with Gasteiger partial charge in [0.05, 0.1) is 0 Å². The van der Waals surface area contributed by atoms with E-state index < -0.39 is 0 Å². The molecule has 3 nitrogen and oxygen atoms in total. The number of nitrogens with two attached hydrogens (primary N) is 1. The summed E-state index contributed by atoms with van der Waals surface area (Å²) in [5.74, 6) is 3.50. The number of rotatable bonds is 0. The van der Waals surface area contributed by atoms with Crippen LogP contribution in [0.3, 0.4) is 0 Å². The molecule has 1 aromatic rings.